The third-order valence-electron chi connectivity index (χ3n) is 2.05. The minimum Gasteiger partial charge on any atom is -0.375 e. The summed E-state index contributed by atoms with van der Waals surface area (Å²) in [5.41, 5.74) is 10.2. The summed E-state index contributed by atoms with van der Waals surface area (Å²) in [6.07, 6.45) is 0.0297. The van der Waals surface area contributed by atoms with Crippen molar-refractivity contribution in [3.8, 4) is 0 Å². The van der Waals surface area contributed by atoms with Crippen LogP contribution in [0.15, 0.2) is 24.3 Å². The average Bonchev–Trinajstić information content (AvgIpc) is 2.36. The number of benzene rings is 1. The predicted octanol–water partition coefficient (Wildman–Crippen LogP) is 0.923. The van der Waals surface area contributed by atoms with Gasteiger partial charge in [-0.05, 0) is 24.4 Å². The summed E-state index contributed by atoms with van der Waals surface area (Å²) in [4.78, 5) is 22.9. The summed E-state index contributed by atoms with van der Waals surface area (Å²) in [5.74, 6) is -0.694. The van der Waals surface area contributed by atoms with E-state index in [0.717, 1.165) is 0 Å². The first-order valence-corrected chi connectivity index (χ1v) is 6.16. The van der Waals surface area contributed by atoms with Crippen LogP contribution in [0.5, 0.6) is 0 Å². The molecular formula is C11H13ClN4O2S. The molecule has 1 aromatic rings. The maximum absolute atomic E-state index is 11.6. The Morgan fingerprint density at radius 2 is 1.79 bits per heavy atom. The Hall–Kier alpha value is -1.86. The topological polar surface area (TPSA) is 96.2 Å². The van der Waals surface area contributed by atoms with Gasteiger partial charge in [0.25, 0.3) is 0 Å². The van der Waals surface area contributed by atoms with Crippen LogP contribution in [-0.4, -0.2) is 16.9 Å². The van der Waals surface area contributed by atoms with Gasteiger partial charge in [0.1, 0.15) is 0 Å². The Balaban J connectivity index is 2.34. The summed E-state index contributed by atoms with van der Waals surface area (Å²) in [7, 11) is 0. The fourth-order valence-corrected chi connectivity index (χ4v) is 1.43. The van der Waals surface area contributed by atoms with Gasteiger partial charge in [-0.3, -0.25) is 20.4 Å². The van der Waals surface area contributed by atoms with Crippen LogP contribution in [0.1, 0.15) is 12.8 Å². The zero-order chi connectivity index (χ0) is 14.3. The maximum Gasteiger partial charge on any atom is 0.238 e. The smallest absolute Gasteiger partial charge is 0.238 e. The molecule has 102 valence electrons. The molecule has 0 radical (unpaired) electrons. The molecule has 0 aliphatic rings. The first kappa shape index (κ1) is 15.2. The van der Waals surface area contributed by atoms with Crippen LogP contribution in [0.3, 0.4) is 0 Å². The van der Waals surface area contributed by atoms with E-state index in [0.29, 0.717) is 10.7 Å². The van der Waals surface area contributed by atoms with Gasteiger partial charge in [0.05, 0.1) is 10.7 Å². The van der Waals surface area contributed by atoms with Crippen molar-refractivity contribution in [1.82, 2.24) is 10.9 Å². The number of amides is 2. The van der Waals surface area contributed by atoms with E-state index in [2.05, 4.69) is 28.4 Å². The zero-order valence-electron chi connectivity index (χ0n) is 9.90. The summed E-state index contributed by atoms with van der Waals surface area (Å²) in [6, 6.07) is 6.85. The second-order valence-electron chi connectivity index (χ2n) is 3.57. The fourth-order valence-electron chi connectivity index (χ4n) is 1.20. The lowest BCUT2D eigenvalue weighted by Gasteiger charge is -2.08. The van der Waals surface area contributed by atoms with Crippen LogP contribution in [-0.2, 0) is 9.59 Å². The summed E-state index contributed by atoms with van der Waals surface area (Å²) >= 11 is 10.4. The molecule has 0 aliphatic carbocycles. The van der Waals surface area contributed by atoms with E-state index < -0.39 is 0 Å². The highest BCUT2D eigenvalue weighted by Crippen LogP contribution is 2.20. The number of carbonyl (C=O) groups excluding carboxylic acids is 2. The Kier molecular flexibility index (Phi) is 6.04. The lowest BCUT2D eigenvalue weighted by molar-refractivity contribution is -0.124. The Morgan fingerprint density at radius 1 is 1.16 bits per heavy atom. The van der Waals surface area contributed by atoms with Crippen LogP contribution >= 0.6 is 23.8 Å². The molecule has 2 amide bonds. The quantitative estimate of drug-likeness (QED) is 0.490. The number of rotatable bonds is 4. The van der Waals surface area contributed by atoms with Crippen LogP contribution in [0.25, 0.3) is 0 Å². The molecule has 6 nitrogen and oxygen atoms in total. The number of anilines is 1. The molecule has 1 rings (SSSR count). The third-order valence-corrected chi connectivity index (χ3v) is 2.48. The molecule has 0 heterocycles. The van der Waals surface area contributed by atoms with Crippen molar-refractivity contribution in [3.05, 3.63) is 29.3 Å². The molecule has 0 spiro atoms. The number of nitrogens with two attached hydrogens (primary N) is 1. The van der Waals surface area contributed by atoms with Gasteiger partial charge in [-0.25, -0.2) is 0 Å². The molecule has 0 atom stereocenters. The van der Waals surface area contributed by atoms with Gasteiger partial charge in [-0.15, -0.1) is 0 Å². The van der Waals surface area contributed by atoms with Crippen LogP contribution < -0.4 is 21.9 Å². The van der Waals surface area contributed by atoms with Crippen molar-refractivity contribution in [2.24, 2.45) is 5.73 Å². The van der Waals surface area contributed by atoms with E-state index in [1.54, 1.807) is 24.3 Å². The maximum atomic E-state index is 11.6. The molecule has 0 saturated carbocycles. The molecular weight excluding hydrogens is 288 g/mol. The van der Waals surface area contributed by atoms with Gasteiger partial charge in [-0.2, -0.15) is 0 Å². The van der Waals surface area contributed by atoms with Gasteiger partial charge in [-0.1, -0.05) is 23.7 Å². The number of hydrogen-bond acceptors (Lipinski definition) is 3. The number of carbonyl (C=O) groups is 2. The van der Waals surface area contributed by atoms with Crippen molar-refractivity contribution in [1.29, 1.82) is 0 Å². The lowest BCUT2D eigenvalue weighted by Crippen LogP contribution is -2.44. The van der Waals surface area contributed by atoms with Gasteiger partial charge < -0.3 is 11.1 Å². The van der Waals surface area contributed by atoms with Gasteiger partial charge in [0, 0.05) is 12.8 Å². The normalized spacial score (nSPS) is 9.53. The first-order chi connectivity index (χ1) is 8.99. The molecule has 0 aromatic heterocycles. The van der Waals surface area contributed by atoms with E-state index in [4.69, 9.17) is 17.3 Å². The van der Waals surface area contributed by atoms with Crippen molar-refractivity contribution < 1.29 is 9.59 Å². The Bertz CT molecular complexity index is 495. The number of thiocarbonyl (C=S) groups is 1. The molecule has 0 fully saturated rings. The number of halogens is 1. The van der Waals surface area contributed by atoms with Gasteiger partial charge in [0.2, 0.25) is 11.8 Å². The zero-order valence-corrected chi connectivity index (χ0v) is 11.5. The fraction of sp³-hybridized carbons (Fsp3) is 0.182. The second kappa shape index (κ2) is 7.55. The van der Waals surface area contributed by atoms with Gasteiger partial charge in [0.15, 0.2) is 5.11 Å². The van der Waals surface area contributed by atoms with E-state index in [1.807, 2.05) is 0 Å². The highest BCUT2D eigenvalue weighted by Gasteiger charge is 2.08. The molecule has 19 heavy (non-hydrogen) atoms. The van der Waals surface area contributed by atoms with Crippen molar-refractivity contribution in [2.75, 3.05) is 5.32 Å². The lowest BCUT2D eigenvalue weighted by atomic mass is 10.2. The molecule has 5 N–H and O–H groups in total. The van der Waals surface area contributed by atoms with Crippen molar-refractivity contribution in [3.63, 3.8) is 0 Å². The molecule has 0 aliphatic heterocycles. The molecule has 0 unspecified atom stereocenters. The van der Waals surface area contributed by atoms with Crippen LogP contribution in [0.2, 0.25) is 5.02 Å². The number of hydrazine groups is 1. The molecule has 8 heteroatoms. The first-order valence-electron chi connectivity index (χ1n) is 5.37. The molecule has 1 aromatic carbocycles. The SMILES string of the molecule is NC(=S)NNC(=O)CCC(=O)Nc1ccccc1Cl. The van der Waals surface area contributed by atoms with E-state index in [1.165, 1.54) is 0 Å². The summed E-state index contributed by atoms with van der Waals surface area (Å²) in [6.45, 7) is 0. The van der Waals surface area contributed by atoms with Crippen molar-refractivity contribution >= 4 is 46.4 Å². The van der Waals surface area contributed by atoms with E-state index in [9.17, 15) is 9.59 Å². The predicted molar refractivity (Wildman–Crippen MR) is 77.4 cm³/mol. The van der Waals surface area contributed by atoms with Gasteiger partial charge >= 0.3 is 0 Å². The summed E-state index contributed by atoms with van der Waals surface area (Å²) < 4.78 is 0. The highest BCUT2D eigenvalue weighted by molar-refractivity contribution is 7.80. The monoisotopic (exact) mass is 300 g/mol. The Labute approximate surface area is 120 Å². The van der Waals surface area contributed by atoms with E-state index >= 15 is 0 Å². The highest BCUT2D eigenvalue weighted by atomic mass is 35.5. The Morgan fingerprint density at radius 3 is 2.42 bits per heavy atom. The number of para-hydroxylation sites is 1. The minimum atomic E-state index is -0.387. The van der Waals surface area contributed by atoms with Crippen LogP contribution in [0, 0.1) is 0 Å². The summed E-state index contributed by atoms with van der Waals surface area (Å²) in [5, 5.41) is 3.00. The van der Waals surface area contributed by atoms with Crippen LogP contribution in [0.4, 0.5) is 5.69 Å². The van der Waals surface area contributed by atoms with E-state index in [-0.39, 0.29) is 29.8 Å². The van der Waals surface area contributed by atoms with Crippen molar-refractivity contribution in [2.45, 2.75) is 12.8 Å². The standard InChI is InChI=1S/C11H13ClN4O2S/c12-7-3-1-2-4-8(7)14-9(17)5-6-10(18)15-16-11(13)19/h1-4H,5-6H2,(H,14,17)(H,15,18)(H3,13,16,19). The molecule has 0 saturated heterocycles. The number of nitrogens with one attached hydrogen (secondary N) is 3. The molecule has 0 bridgehead atoms. The number of hydrogen-bond donors (Lipinski definition) is 4. The third kappa shape index (κ3) is 6.03. The largest absolute Gasteiger partial charge is 0.375 e. The minimum absolute atomic E-state index is 0.00585. The second-order valence-corrected chi connectivity index (χ2v) is 4.41. The average molecular weight is 301 g/mol.